The van der Waals surface area contributed by atoms with Crippen LogP contribution < -0.4 is 5.32 Å². The van der Waals surface area contributed by atoms with Gasteiger partial charge >= 0.3 is 0 Å². The second kappa shape index (κ2) is 5.93. The highest BCUT2D eigenvalue weighted by molar-refractivity contribution is 7.98. The van der Waals surface area contributed by atoms with Gasteiger partial charge in [0.05, 0.1) is 0 Å². The largest absolute Gasteiger partial charge is 0.305 e. The summed E-state index contributed by atoms with van der Waals surface area (Å²) in [6, 6.07) is 7.77. The van der Waals surface area contributed by atoms with Crippen LogP contribution in [0.4, 0.5) is 5.82 Å². The van der Waals surface area contributed by atoms with Gasteiger partial charge in [-0.3, -0.25) is 9.89 Å². The van der Waals surface area contributed by atoms with Crippen molar-refractivity contribution in [1.82, 2.24) is 10.2 Å². The smallest absolute Gasteiger partial charge is 0.257 e. The number of H-pyrrole nitrogens is 1. The van der Waals surface area contributed by atoms with E-state index >= 15 is 0 Å². The van der Waals surface area contributed by atoms with E-state index in [0.29, 0.717) is 11.4 Å². The standard InChI is InChI=1S/C16H21N3OS/c1-10-6-7-11(21-5)8-12(10)15(20)17-14-9-13(18-19-14)16(2,3)4/h6-9H,1-5H3,(H2,17,18,19,20). The highest BCUT2D eigenvalue weighted by Crippen LogP contribution is 2.23. The highest BCUT2D eigenvalue weighted by atomic mass is 32.2. The van der Waals surface area contributed by atoms with E-state index in [0.717, 1.165) is 16.2 Å². The first-order chi connectivity index (χ1) is 9.81. The number of aryl methyl sites for hydroxylation is 1. The molecule has 0 atom stereocenters. The van der Waals surface area contributed by atoms with Crippen molar-refractivity contribution in [3.05, 3.63) is 41.1 Å². The third-order valence-electron chi connectivity index (χ3n) is 3.32. The molecule has 0 bridgehead atoms. The molecule has 0 spiro atoms. The van der Waals surface area contributed by atoms with Gasteiger partial charge in [-0.25, -0.2) is 0 Å². The zero-order valence-electron chi connectivity index (χ0n) is 13.1. The number of aromatic amines is 1. The molecule has 1 heterocycles. The summed E-state index contributed by atoms with van der Waals surface area (Å²) in [6.45, 7) is 8.22. The van der Waals surface area contributed by atoms with Crippen molar-refractivity contribution in [2.24, 2.45) is 0 Å². The summed E-state index contributed by atoms with van der Waals surface area (Å²) in [5.74, 6) is 0.425. The van der Waals surface area contributed by atoms with Gasteiger partial charge in [-0.05, 0) is 30.9 Å². The molecule has 2 rings (SSSR count). The molecule has 0 unspecified atom stereocenters. The van der Waals surface area contributed by atoms with Crippen LogP contribution >= 0.6 is 11.8 Å². The molecule has 2 N–H and O–H groups in total. The lowest BCUT2D eigenvalue weighted by Crippen LogP contribution is -2.14. The number of hydrogen-bond acceptors (Lipinski definition) is 3. The number of rotatable bonds is 3. The number of thioether (sulfide) groups is 1. The normalized spacial score (nSPS) is 11.5. The number of carbonyl (C=O) groups is 1. The molecule has 0 saturated carbocycles. The SMILES string of the molecule is CSc1ccc(C)c(C(=O)Nc2cc(C(C)(C)C)[nH]n2)c1. The number of hydrogen-bond donors (Lipinski definition) is 2. The van der Waals surface area contributed by atoms with E-state index in [4.69, 9.17) is 0 Å². The molecule has 0 aliphatic heterocycles. The van der Waals surface area contributed by atoms with Crippen LogP contribution in [0.1, 0.15) is 42.4 Å². The van der Waals surface area contributed by atoms with E-state index in [9.17, 15) is 4.79 Å². The van der Waals surface area contributed by atoms with E-state index in [1.54, 1.807) is 11.8 Å². The van der Waals surface area contributed by atoms with Crippen molar-refractivity contribution in [2.45, 2.75) is 38.0 Å². The average Bonchev–Trinajstić information content (AvgIpc) is 2.87. The van der Waals surface area contributed by atoms with Gasteiger partial charge in [-0.2, -0.15) is 5.10 Å². The zero-order valence-corrected chi connectivity index (χ0v) is 13.9. The fraction of sp³-hybridized carbons (Fsp3) is 0.375. The van der Waals surface area contributed by atoms with Gasteiger partial charge in [0, 0.05) is 27.6 Å². The van der Waals surface area contributed by atoms with Gasteiger partial charge in [0.25, 0.3) is 5.91 Å². The summed E-state index contributed by atoms with van der Waals surface area (Å²) < 4.78 is 0. The van der Waals surface area contributed by atoms with Crippen LogP contribution in [-0.4, -0.2) is 22.4 Å². The predicted molar refractivity (Wildman–Crippen MR) is 88.2 cm³/mol. The maximum atomic E-state index is 12.4. The minimum Gasteiger partial charge on any atom is -0.305 e. The molecule has 0 saturated heterocycles. The molecule has 1 aromatic carbocycles. The Morgan fingerprint density at radius 1 is 1.29 bits per heavy atom. The first kappa shape index (κ1) is 15.6. The Hall–Kier alpha value is -1.75. The first-order valence-corrected chi connectivity index (χ1v) is 8.05. The molecular formula is C16H21N3OS. The molecule has 4 nitrogen and oxygen atoms in total. The number of aromatic nitrogens is 2. The summed E-state index contributed by atoms with van der Waals surface area (Å²) >= 11 is 1.62. The number of nitrogens with zero attached hydrogens (tertiary/aromatic N) is 1. The second-order valence-electron chi connectivity index (χ2n) is 6.05. The Kier molecular flexibility index (Phi) is 4.42. The molecule has 0 aliphatic rings. The predicted octanol–water partition coefficient (Wildman–Crippen LogP) is 3.99. The third-order valence-corrected chi connectivity index (χ3v) is 4.04. The Labute approximate surface area is 129 Å². The molecule has 21 heavy (non-hydrogen) atoms. The highest BCUT2D eigenvalue weighted by Gasteiger charge is 2.18. The van der Waals surface area contributed by atoms with Crippen molar-refractivity contribution < 1.29 is 4.79 Å². The number of amides is 1. The summed E-state index contributed by atoms with van der Waals surface area (Å²) in [5, 5.41) is 9.98. The summed E-state index contributed by atoms with van der Waals surface area (Å²) in [6.07, 6.45) is 2.00. The van der Waals surface area contributed by atoms with Crippen LogP contribution in [0.15, 0.2) is 29.2 Å². The average molecular weight is 303 g/mol. The lowest BCUT2D eigenvalue weighted by atomic mass is 9.92. The van der Waals surface area contributed by atoms with Crippen molar-refractivity contribution in [2.75, 3.05) is 11.6 Å². The topological polar surface area (TPSA) is 57.8 Å². The summed E-state index contributed by atoms with van der Waals surface area (Å²) in [5.41, 5.74) is 2.61. The second-order valence-corrected chi connectivity index (χ2v) is 6.93. The molecule has 0 fully saturated rings. The minimum absolute atomic E-state index is 0.0232. The first-order valence-electron chi connectivity index (χ1n) is 6.83. The minimum atomic E-state index is -0.129. The van der Waals surface area contributed by atoms with Crippen molar-refractivity contribution in [1.29, 1.82) is 0 Å². The summed E-state index contributed by atoms with van der Waals surface area (Å²) in [4.78, 5) is 13.5. The van der Waals surface area contributed by atoms with E-state index in [-0.39, 0.29) is 11.3 Å². The van der Waals surface area contributed by atoms with Gasteiger partial charge in [0.1, 0.15) is 0 Å². The Morgan fingerprint density at radius 3 is 2.57 bits per heavy atom. The molecular weight excluding hydrogens is 282 g/mol. The Morgan fingerprint density at radius 2 is 2.00 bits per heavy atom. The van der Waals surface area contributed by atoms with Gasteiger partial charge in [0.15, 0.2) is 5.82 Å². The molecule has 1 aromatic heterocycles. The van der Waals surface area contributed by atoms with E-state index in [2.05, 4.69) is 36.3 Å². The van der Waals surface area contributed by atoms with Crippen LogP contribution in [0, 0.1) is 6.92 Å². The fourth-order valence-corrected chi connectivity index (χ4v) is 2.37. The Bertz CT molecular complexity index is 656. The number of benzene rings is 1. The van der Waals surface area contributed by atoms with Crippen molar-refractivity contribution in [3.8, 4) is 0 Å². The van der Waals surface area contributed by atoms with Gasteiger partial charge in [-0.15, -0.1) is 11.8 Å². The van der Waals surface area contributed by atoms with Gasteiger partial charge in [-0.1, -0.05) is 26.8 Å². The van der Waals surface area contributed by atoms with Crippen LogP contribution in [0.25, 0.3) is 0 Å². The van der Waals surface area contributed by atoms with E-state index < -0.39 is 0 Å². The van der Waals surface area contributed by atoms with Crippen LogP contribution in [0.3, 0.4) is 0 Å². The number of nitrogens with one attached hydrogen (secondary N) is 2. The zero-order chi connectivity index (χ0) is 15.6. The number of anilines is 1. The Balaban J connectivity index is 2.20. The maximum Gasteiger partial charge on any atom is 0.257 e. The lowest BCUT2D eigenvalue weighted by molar-refractivity contribution is 0.102. The lowest BCUT2D eigenvalue weighted by Gasteiger charge is -2.14. The van der Waals surface area contributed by atoms with Crippen LogP contribution in [0.5, 0.6) is 0 Å². The molecule has 2 aromatic rings. The fourth-order valence-electron chi connectivity index (χ4n) is 1.93. The molecule has 112 valence electrons. The molecule has 1 amide bonds. The van der Waals surface area contributed by atoms with Gasteiger partial charge in [0.2, 0.25) is 0 Å². The van der Waals surface area contributed by atoms with Crippen molar-refractivity contribution in [3.63, 3.8) is 0 Å². The number of carbonyl (C=O) groups excluding carboxylic acids is 1. The molecule has 5 heteroatoms. The van der Waals surface area contributed by atoms with Gasteiger partial charge < -0.3 is 5.32 Å². The van der Waals surface area contributed by atoms with Crippen LogP contribution in [0.2, 0.25) is 0 Å². The third kappa shape index (κ3) is 3.67. The monoisotopic (exact) mass is 303 g/mol. The van der Waals surface area contributed by atoms with Crippen LogP contribution in [-0.2, 0) is 5.41 Å². The van der Waals surface area contributed by atoms with E-state index in [1.807, 2.05) is 37.4 Å². The van der Waals surface area contributed by atoms with E-state index in [1.165, 1.54) is 0 Å². The summed E-state index contributed by atoms with van der Waals surface area (Å²) in [7, 11) is 0. The quantitative estimate of drug-likeness (QED) is 0.843. The maximum absolute atomic E-state index is 12.4. The van der Waals surface area contributed by atoms with Crippen molar-refractivity contribution >= 4 is 23.5 Å². The molecule has 0 radical (unpaired) electrons. The molecule has 0 aliphatic carbocycles.